The Balaban J connectivity index is 2.40. The maximum atomic E-state index is 10.5. The van der Waals surface area contributed by atoms with Crippen molar-refractivity contribution >= 4 is 6.29 Å². The highest BCUT2D eigenvalue weighted by atomic mass is 16.5. The Hall–Kier alpha value is -0.410. The van der Waals surface area contributed by atoms with Gasteiger partial charge in [0.2, 0.25) is 0 Å². The van der Waals surface area contributed by atoms with Gasteiger partial charge < -0.3 is 14.4 Å². The fraction of sp³-hybridized carbons (Fsp3) is 0.875. The van der Waals surface area contributed by atoms with Gasteiger partial charge in [0.05, 0.1) is 0 Å². The van der Waals surface area contributed by atoms with Gasteiger partial charge in [-0.2, -0.15) is 0 Å². The average Bonchev–Trinajstić information content (AvgIpc) is 2.39. The van der Waals surface area contributed by atoms with Crippen LogP contribution in [-0.4, -0.2) is 44.5 Å². The Morgan fingerprint density at radius 3 is 2.82 bits per heavy atom. The number of carbonyl (C=O) groups excluding carboxylic acids is 1. The van der Waals surface area contributed by atoms with Gasteiger partial charge in [0.25, 0.3) is 0 Å². The topological polar surface area (TPSA) is 29.5 Å². The molecule has 0 spiro atoms. The third-order valence-corrected chi connectivity index (χ3v) is 2.30. The summed E-state index contributed by atoms with van der Waals surface area (Å²) in [5, 5.41) is 0. The third kappa shape index (κ3) is 2.01. The first kappa shape index (κ1) is 8.68. The van der Waals surface area contributed by atoms with Crippen LogP contribution < -0.4 is 0 Å². The fourth-order valence-corrected chi connectivity index (χ4v) is 1.60. The van der Waals surface area contributed by atoms with Gasteiger partial charge in [0, 0.05) is 19.6 Å². The summed E-state index contributed by atoms with van der Waals surface area (Å²) in [4.78, 5) is 12.7. The van der Waals surface area contributed by atoms with E-state index in [-0.39, 0.29) is 6.10 Å². The lowest BCUT2D eigenvalue weighted by Crippen LogP contribution is -2.26. The molecule has 0 radical (unpaired) electrons. The van der Waals surface area contributed by atoms with E-state index in [0.717, 1.165) is 25.8 Å². The van der Waals surface area contributed by atoms with Gasteiger partial charge in [-0.15, -0.1) is 0 Å². The number of hydrogen-bond donors (Lipinski definition) is 0. The molecule has 2 unspecified atom stereocenters. The lowest BCUT2D eigenvalue weighted by atomic mass is 10.0. The lowest BCUT2D eigenvalue weighted by molar-refractivity contribution is -0.119. The van der Waals surface area contributed by atoms with Crippen molar-refractivity contribution in [3.05, 3.63) is 0 Å². The summed E-state index contributed by atoms with van der Waals surface area (Å²) in [6, 6.07) is 0. The maximum Gasteiger partial charge on any atom is 0.149 e. The van der Waals surface area contributed by atoms with E-state index in [1.165, 1.54) is 0 Å². The molecule has 0 aromatic carbocycles. The van der Waals surface area contributed by atoms with Crippen LogP contribution >= 0.6 is 0 Å². The van der Waals surface area contributed by atoms with Crippen LogP contribution in [0.15, 0.2) is 0 Å². The van der Waals surface area contributed by atoms with Crippen molar-refractivity contribution in [2.24, 2.45) is 5.92 Å². The first-order valence-corrected chi connectivity index (χ1v) is 3.94. The molecule has 1 rings (SSSR count). The van der Waals surface area contributed by atoms with Gasteiger partial charge in [-0.1, -0.05) is 0 Å². The van der Waals surface area contributed by atoms with Crippen molar-refractivity contribution < 1.29 is 9.53 Å². The second kappa shape index (κ2) is 3.83. The number of aldehydes is 1. The normalized spacial score (nSPS) is 28.7. The number of carbonyl (C=O) groups is 1. The fourth-order valence-electron chi connectivity index (χ4n) is 1.60. The van der Waals surface area contributed by atoms with Crippen LogP contribution in [0, 0.1) is 5.92 Å². The van der Waals surface area contributed by atoms with E-state index in [9.17, 15) is 4.79 Å². The zero-order chi connectivity index (χ0) is 8.27. The number of rotatable bonds is 3. The zero-order valence-electron chi connectivity index (χ0n) is 7.12. The Bertz CT molecular complexity index is 138. The second-order valence-electron chi connectivity index (χ2n) is 3.15. The van der Waals surface area contributed by atoms with Crippen LogP contribution in [-0.2, 0) is 9.53 Å². The molecule has 11 heavy (non-hydrogen) atoms. The Morgan fingerprint density at radius 1 is 1.73 bits per heavy atom. The Kier molecular flexibility index (Phi) is 3.02. The van der Waals surface area contributed by atoms with E-state index in [1.54, 1.807) is 7.11 Å². The average molecular weight is 157 g/mol. The minimum atomic E-state index is -0.194. The van der Waals surface area contributed by atoms with Crippen LogP contribution in [0.25, 0.3) is 0 Å². The largest absolute Gasteiger partial charge is 0.374 e. The maximum absolute atomic E-state index is 10.5. The number of ether oxygens (including phenoxy) is 1. The molecule has 0 amide bonds. The summed E-state index contributed by atoms with van der Waals surface area (Å²) in [6.45, 7) is 2.07. The van der Waals surface area contributed by atoms with Gasteiger partial charge in [0.1, 0.15) is 12.4 Å². The predicted molar refractivity (Wildman–Crippen MR) is 42.5 cm³/mol. The molecule has 1 fully saturated rings. The smallest absolute Gasteiger partial charge is 0.149 e. The molecule has 0 aromatic heterocycles. The molecule has 0 N–H and O–H groups in total. The molecule has 3 heteroatoms. The van der Waals surface area contributed by atoms with Crippen molar-refractivity contribution in [3.63, 3.8) is 0 Å². The van der Waals surface area contributed by atoms with E-state index in [4.69, 9.17) is 4.74 Å². The minimum absolute atomic E-state index is 0.194. The van der Waals surface area contributed by atoms with E-state index < -0.39 is 0 Å². The molecular weight excluding hydrogens is 142 g/mol. The van der Waals surface area contributed by atoms with Gasteiger partial charge in [-0.05, 0) is 20.0 Å². The monoisotopic (exact) mass is 157 g/mol. The van der Waals surface area contributed by atoms with Crippen LogP contribution in [0.5, 0.6) is 0 Å². The van der Waals surface area contributed by atoms with E-state index in [1.807, 2.05) is 0 Å². The molecule has 0 saturated carbocycles. The number of methoxy groups -OCH3 is 1. The van der Waals surface area contributed by atoms with Crippen LogP contribution in [0.2, 0.25) is 0 Å². The van der Waals surface area contributed by atoms with Crippen molar-refractivity contribution in [3.8, 4) is 0 Å². The minimum Gasteiger partial charge on any atom is -0.374 e. The van der Waals surface area contributed by atoms with Crippen molar-refractivity contribution in [1.82, 2.24) is 4.90 Å². The highest BCUT2D eigenvalue weighted by Gasteiger charge is 2.27. The SMILES string of the molecule is COC(C=O)C1CCN(C)C1. The molecule has 0 aliphatic carbocycles. The number of nitrogens with zero attached hydrogens (tertiary/aromatic N) is 1. The molecule has 1 aliphatic rings. The summed E-state index contributed by atoms with van der Waals surface area (Å²) < 4.78 is 5.04. The van der Waals surface area contributed by atoms with Crippen molar-refractivity contribution in [1.29, 1.82) is 0 Å². The Labute approximate surface area is 67.3 Å². The molecule has 1 saturated heterocycles. The summed E-state index contributed by atoms with van der Waals surface area (Å²) in [7, 11) is 3.66. The molecular formula is C8H15NO2. The van der Waals surface area contributed by atoms with Gasteiger partial charge >= 0.3 is 0 Å². The summed E-state index contributed by atoms with van der Waals surface area (Å²) in [5.41, 5.74) is 0. The third-order valence-electron chi connectivity index (χ3n) is 2.30. The summed E-state index contributed by atoms with van der Waals surface area (Å²) >= 11 is 0. The van der Waals surface area contributed by atoms with Gasteiger partial charge in [0.15, 0.2) is 0 Å². The molecule has 1 heterocycles. The second-order valence-corrected chi connectivity index (χ2v) is 3.15. The van der Waals surface area contributed by atoms with Gasteiger partial charge in [-0.25, -0.2) is 0 Å². The first-order chi connectivity index (χ1) is 5.27. The van der Waals surface area contributed by atoms with Crippen molar-refractivity contribution in [2.75, 3.05) is 27.2 Å². The Morgan fingerprint density at radius 2 is 2.45 bits per heavy atom. The molecule has 1 aliphatic heterocycles. The zero-order valence-corrected chi connectivity index (χ0v) is 7.12. The van der Waals surface area contributed by atoms with Crippen LogP contribution in [0.3, 0.4) is 0 Å². The van der Waals surface area contributed by atoms with E-state index >= 15 is 0 Å². The number of likely N-dealkylation sites (tertiary alicyclic amines) is 1. The first-order valence-electron chi connectivity index (χ1n) is 3.94. The molecule has 3 nitrogen and oxygen atoms in total. The lowest BCUT2D eigenvalue weighted by Gasteiger charge is -2.15. The standard InChI is InChI=1S/C8H15NO2/c1-9-4-3-7(5-9)8(6-10)11-2/h6-8H,3-5H2,1-2H3. The summed E-state index contributed by atoms with van der Waals surface area (Å²) in [6.07, 6.45) is 1.79. The molecule has 64 valence electrons. The summed E-state index contributed by atoms with van der Waals surface area (Å²) in [5.74, 6) is 0.405. The van der Waals surface area contributed by atoms with E-state index in [0.29, 0.717) is 5.92 Å². The highest BCUT2D eigenvalue weighted by Crippen LogP contribution is 2.18. The quantitative estimate of drug-likeness (QED) is 0.546. The van der Waals surface area contributed by atoms with Crippen LogP contribution in [0.1, 0.15) is 6.42 Å². The molecule has 2 atom stereocenters. The van der Waals surface area contributed by atoms with Crippen LogP contribution in [0.4, 0.5) is 0 Å². The molecule has 0 aromatic rings. The van der Waals surface area contributed by atoms with Crippen molar-refractivity contribution in [2.45, 2.75) is 12.5 Å². The molecule has 0 bridgehead atoms. The number of hydrogen-bond acceptors (Lipinski definition) is 3. The van der Waals surface area contributed by atoms with E-state index in [2.05, 4.69) is 11.9 Å². The highest BCUT2D eigenvalue weighted by molar-refractivity contribution is 5.56. The van der Waals surface area contributed by atoms with Gasteiger partial charge in [-0.3, -0.25) is 0 Å². The predicted octanol–water partition coefficient (Wildman–Crippen LogP) is 0.152.